The third-order valence-electron chi connectivity index (χ3n) is 7.72. The average molecular weight is 742 g/mol. The molecule has 4 aliphatic rings. The minimum absolute atomic E-state index is 0.141. The molecule has 1 aliphatic heterocycles. The predicted octanol–water partition coefficient (Wildman–Crippen LogP) is 2.64. The maximum absolute atomic E-state index is 12.8. The summed E-state index contributed by atoms with van der Waals surface area (Å²) in [5.41, 5.74) is 12.6. The van der Waals surface area contributed by atoms with Crippen LogP contribution in [0.25, 0.3) is 0 Å². The summed E-state index contributed by atoms with van der Waals surface area (Å²) in [7, 11) is 0. The zero-order valence-electron chi connectivity index (χ0n) is 28.3. The van der Waals surface area contributed by atoms with Crippen molar-refractivity contribution in [1.29, 1.82) is 0 Å². The van der Waals surface area contributed by atoms with E-state index in [0.717, 1.165) is 24.3 Å². The van der Waals surface area contributed by atoms with Gasteiger partial charge in [0.25, 0.3) is 11.8 Å². The Bertz CT molecular complexity index is 2380. The van der Waals surface area contributed by atoms with Gasteiger partial charge in [-0.15, -0.1) is 15.3 Å². The molecular formula is C36H27N11O8. The van der Waals surface area contributed by atoms with Crippen LogP contribution in [-0.2, 0) is 24.0 Å². The maximum Gasteiger partial charge on any atom is 0.339 e. The van der Waals surface area contributed by atoms with Crippen molar-refractivity contribution >= 4 is 75.0 Å². The number of benzene rings is 2. The topological polar surface area (TPSA) is 277 Å². The van der Waals surface area contributed by atoms with Gasteiger partial charge in [-0.25, -0.2) is 15.6 Å². The quantitative estimate of drug-likeness (QED) is 0.0578. The molecule has 274 valence electrons. The molecule has 0 radical (unpaired) electrons. The molecule has 2 aromatic carbocycles. The standard InChI is InChI=1S/C36H27N11O8/c1-18-33(35(53)47-38-18)46-40-22-8-6-20(7-9-22)37-34(52)19-2-4-21(5-3-19)39-43-27-16-28(32(51)17-31(27)50)45-44-26-15-24(11-13-30(26)49)42-41-23-10-12-29(48)25(14-23)36(54)55/h2-17,33,40,42,46,51H,1H3,(H,37,52)(H,47,53)(H,54,55)/b41-23-,43-39?,44-26-,45-28-. The number of hydrogen-bond donors (Lipinski definition) is 7. The molecule has 3 aliphatic carbocycles. The molecule has 0 saturated carbocycles. The van der Waals surface area contributed by atoms with Gasteiger partial charge in [-0.1, -0.05) is 0 Å². The smallest absolute Gasteiger partial charge is 0.339 e. The van der Waals surface area contributed by atoms with Crippen molar-refractivity contribution in [3.8, 4) is 0 Å². The molecule has 19 nitrogen and oxygen atoms in total. The molecule has 0 aromatic heterocycles. The zero-order valence-corrected chi connectivity index (χ0v) is 28.3. The Morgan fingerprint density at radius 2 is 1.49 bits per heavy atom. The molecule has 19 heteroatoms. The molecule has 6 rings (SSSR count). The highest BCUT2D eigenvalue weighted by molar-refractivity contribution is 6.49. The van der Waals surface area contributed by atoms with Crippen LogP contribution in [0.5, 0.6) is 0 Å². The van der Waals surface area contributed by atoms with E-state index in [-0.39, 0.29) is 34.4 Å². The van der Waals surface area contributed by atoms with Crippen LogP contribution in [0, 0.1) is 0 Å². The maximum atomic E-state index is 12.8. The Hall–Kier alpha value is -8.06. The van der Waals surface area contributed by atoms with E-state index < -0.39 is 46.6 Å². The first-order chi connectivity index (χ1) is 26.4. The van der Waals surface area contributed by atoms with Crippen molar-refractivity contribution in [3.63, 3.8) is 0 Å². The number of hydrazine groups is 1. The monoisotopic (exact) mass is 741 g/mol. The van der Waals surface area contributed by atoms with E-state index in [1.165, 1.54) is 48.6 Å². The van der Waals surface area contributed by atoms with Gasteiger partial charge in [-0.05, 0) is 91.9 Å². The van der Waals surface area contributed by atoms with Crippen molar-refractivity contribution < 1.29 is 39.0 Å². The number of aliphatic hydroxyl groups is 1. The molecule has 0 saturated heterocycles. The van der Waals surface area contributed by atoms with Crippen molar-refractivity contribution in [3.05, 3.63) is 125 Å². The lowest BCUT2D eigenvalue weighted by atomic mass is 10.0. The van der Waals surface area contributed by atoms with Crippen molar-refractivity contribution in [2.45, 2.75) is 13.0 Å². The molecule has 1 unspecified atom stereocenters. The number of anilines is 2. The minimum Gasteiger partial charge on any atom is -0.505 e. The van der Waals surface area contributed by atoms with Gasteiger partial charge >= 0.3 is 5.97 Å². The Labute approximate surface area is 309 Å². The largest absolute Gasteiger partial charge is 0.505 e. The van der Waals surface area contributed by atoms with Crippen LogP contribution in [0.15, 0.2) is 150 Å². The fourth-order valence-corrected chi connectivity index (χ4v) is 4.78. The number of carboxylic acids is 1. The first-order valence-corrected chi connectivity index (χ1v) is 16.0. The third-order valence-corrected chi connectivity index (χ3v) is 7.72. The minimum atomic E-state index is -1.40. The number of amides is 2. The average Bonchev–Trinajstić information content (AvgIpc) is 3.50. The fraction of sp³-hybridized carbons (Fsp3) is 0.0556. The van der Waals surface area contributed by atoms with E-state index in [2.05, 4.69) is 57.7 Å². The van der Waals surface area contributed by atoms with Gasteiger partial charge in [0, 0.05) is 29.1 Å². The normalized spacial score (nSPS) is 20.3. The molecular weight excluding hydrogens is 714 g/mol. The molecule has 0 fully saturated rings. The summed E-state index contributed by atoms with van der Waals surface area (Å²) < 4.78 is 0. The van der Waals surface area contributed by atoms with Crippen LogP contribution < -0.4 is 27.0 Å². The lowest BCUT2D eigenvalue weighted by Gasteiger charge is -2.13. The van der Waals surface area contributed by atoms with Gasteiger partial charge < -0.3 is 21.0 Å². The van der Waals surface area contributed by atoms with E-state index in [9.17, 15) is 33.9 Å². The highest BCUT2D eigenvalue weighted by Crippen LogP contribution is 2.20. The molecule has 0 spiro atoms. The zero-order chi connectivity index (χ0) is 39.1. The van der Waals surface area contributed by atoms with Gasteiger partial charge in [0.2, 0.25) is 11.6 Å². The molecule has 7 N–H and O–H groups in total. The van der Waals surface area contributed by atoms with Crippen molar-refractivity contribution in [2.75, 3.05) is 10.7 Å². The number of nitrogens with zero attached hydrogens (tertiary/aromatic N) is 6. The number of carbonyl (C=O) groups is 6. The molecule has 2 aromatic rings. The van der Waals surface area contributed by atoms with E-state index in [4.69, 9.17) is 5.11 Å². The van der Waals surface area contributed by atoms with Crippen LogP contribution in [0.1, 0.15) is 17.3 Å². The Morgan fingerprint density at radius 1 is 0.782 bits per heavy atom. The second-order valence-corrected chi connectivity index (χ2v) is 11.6. The number of carbonyl (C=O) groups excluding carboxylic acids is 5. The number of hydrazone groups is 2. The highest BCUT2D eigenvalue weighted by atomic mass is 16.4. The lowest BCUT2D eigenvalue weighted by Crippen LogP contribution is -2.44. The second kappa shape index (κ2) is 16.1. The first-order valence-electron chi connectivity index (χ1n) is 16.0. The number of azo groups is 1. The van der Waals surface area contributed by atoms with E-state index in [1.54, 1.807) is 31.2 Å². The fourth-order valence-electron chi connectivity index (χ4n) is 4.78. The SMILES string of the molecule is CC1=NNC(=O)C1NNc1ccc(NC(=O)c2ccc(N=NC3=C/C(=N/N=C4/C=C(N/N=C5/C=CC(=O)C(C(=O)O)=C5)C=CC4=O)C(O)=CC3=O)cc2)cc1. The van der Waals surface area contributed by atoms with Crippen LogP contribution >= 0.6 is 0 Å². The van der Waals surface area contributed by atoms with Gasteiger partial charge in [0.05, 0.1) is 22.8 Å². The summed E-state index contributed by atoms with van der Waals surface area (Å²) in [5.74, 6) is -4.47. The summed E-state index contributed by atoms with van der Waals surface area (Å²) in [5, 5.41) is 45.9. The summed E-state index contributed by atoms with van der Waals surface area (Å²) in [6.45, 7) is 1.72. The van der Waals surface area contributed by atoms with Crippen LogP contribution in [0.3, 0.4) is 0 Å². The number of nitrogens with one attached hydrogen (secondary N) is 5. The second-order valence-electron chi connectivity index (χ2n) is 11.6. The summed E-state index contributed by atoms with van der Waals surface area (Å²) >= 11 is 0. The van der Waals surface area contributed by atoms with E-state index >= 15 is 0 Å². The number of carboxylic acid groups (broad SMARTS) is 1. The Kier molecular flexibility index (Phi) is 10.7. The highest BCUT2D eigenvalue weighted by Gasteiger charge is 2.26. The number of rotatable bonds is 11. The lowest BCUT2D eigenvalue weighted by molar-refractivity contribution is -0.134. The Balaban J connectivity index is 1.07. The number of allylic oxidation sites excluding steroid dienone is 8. The van der Waals surface area contributed by atoms with Gasteiger partial charge in [0.15, 0.2) is 5.78 Å². The molecule has 1 heterocycles. The van der Waals surface area contributed by atoms with Crippen molar-refractivity contribution in [2.24, 2.45) is 30.6 Å². The van der Waals surface area contributed by atoms with Gasteiger partial charge in [-0.2, -0.15) is 15.3 Å². The van der Waals surface area contributed by atoms with E-state index in [1.807, 2.05) is 0 Å². The van der Waals surface area contributed by atoms with Crippen LogP contribution in [0.4, 0.5) is 17.1 Å². The van der Waals surface area contributed by atoms with Gasteiger partial charge in [0.1, 0.15) is 34.5 Å². The summed E-state index contributed by atoms with van der Waals surface area (Å²) in [4.78, 5) is 72.5. The number of hydrogen-bond acceptors (Lipinski definition) is 16. The van der Waals surface area contributed by atoms with Crippen LogP contribution in [-0.4, -0.2) is 74.2 Å². The molecule has 0 bridgehead atoms. The predicted molar refractivity (Wildman–Crippen MR) is 198 cm³/mol. The molecule has 1 atom stereocenters. The van der Waals surface area contributed by atoms with Crippen molar-refractivity contribution in [1.82, 2.24) is 16.3 Å². The van der Waals surface area contributed by atoms with Crippen LogP contribution in [0.2, 0.25) is 0 Å². The summed E-state index contributed by atoms with van der Waals surface area (Å²) in [6, 6.07) is 12.2. The van der Waals surface area contributed by atoms with E-state index in [0.29, 0.717) is 28.3 Å². The summed E-state index contributed by atoms with van der Waals surface area (Å²) in [6.07, 6.45) is 9.33. The third kappa shape index (κ3) is 9.06. The van der Waals surface area contributed by atoms with Gasteiger partial charge in [-0.3, -0.25) is 29.4 Å². The number of aliphatic carboxylic acids is 1. The molecule has 2 amide bonds. The Morgan fingerprint density at radius 3 is 2.20 bits per heavy atom. The molecule has 55 heavy (non-hydrogen) atoms. The number of ketones is 3. The number of aliphatic hydroxyl groups excluding tert-OH is 1. The first kappa shape index (κ1) is 36.7.